The fraction of sp³-hybridized carbons (Fsp3) is 0.250. The van der Waals surface area contributed by atoms with Crippen molar-refractivity contribution in [2.75, 3.05) is 11.5 Å². The number of hydrogen-bond acceptors (Lipinski definition) is 3. The summed E-state index contributed by atoms with van der Waals surface area (Å²) >= 11 is 1.77. The fourth-order valence-corrected chi connectivity index (χ4v) is 2.36. The molecule has 0 fully saturated rings. The molecule has 3 nitrogen and oxygen atoms in total. The molecule has 0 spiro atoms. The molecule has 0 aliphatic heterocycles. The van der Waals surface area contributed by atoms with Gasteiger partial charge in [0.05, 0.1) is 0 Å². The van der Waals surface area contributed by atoms with E-state index in [1.807, 2.05) is 36.1 Å². The number of imidazole rings is 1. The number of nitrogens with zero attached hydrogens (tertiary/aromatic N) is 2. The average molecular weight is 233 g/mol. The molecule has 16 heavy (non-hydrogen) atoms. The maximum absolute atomic E-state index is 5.63. The normalized spacial score (nSPS) is 10.6. The molecule has 0 amide bonds. The van der Waals surface area contributed by atoms with Crippen LogP contribution in [0.3, 0.4) is 0 Å². The van der Waals surface area contributed by atoms with Gasteiger partial charge in [0.15, 0.2) is 5.16 Å². The predicted molar refractivity (Wildman–Crippen MR) is 68.5 cm³/mol. The summed E-state index contributed by atoms with van der Waals surface area (Å²) in [5.41, 5.74) is 7.77. The van der Waals surface area contributed by atoms with Crippen molar-refractivity contribution in [2.45, 2.75) is 11.6 Å². The summed E-state index contributed by atoms with van der Waals surface area (Å²) in [4.78, 5) is 4.27. The highest BCUT2D eigenvalue weighted by Gasteiger charge is 2.00. The smallest absolute Gasteiger partial charge is 0.167 e. The number of nitrogen functional groups attached to an aromatic ring is 1. The molecule has 0 aliphatic carbocycles. The Kier molecular flexibility index (Phi) is 3.51. The quantitative estimate of drug-likeness (QED) is 0.651. The number of rotatable bonds is 4. The summed E-state index contributed by atoms with van der Waals surface area (Å²) in [6, 6.07) is 8.05. The molecule has 1 aromatic heterocycles. The number of benzene rings is 1. The summed E-state index contributed by atoms with van der Waals surface area (Å²) < 4.78 is 2.04. The monoisotopic (exact) mass is 233 g/mol. The summed E-state index contributed by atoms with van der Waals surface area (Å²) in [7, 11) is 2.01. The second kappa shape index (κ2) is 5.07. The fourth-order valence-electron chi connectivity index (χ4n) is 1.44. The first-order chi connectivity index (χ1) is 7.75. The van der Waals surface area contributed by atoms with Crippen molar-refractivity contribution in [1.29, 1.82) is 0 Å². The van der Waals surface area contributed by atoms with Crippen molar-refractivity contribution in [3.05, 3.63) is 42.2 Å². The van der Waals surface area contributed by atoms with Gasteiger partial charge in [-0.25, -0.2) is 4.98 Å². The van der Waals surface area contributed by atoms with Crippen LogP contribution in [0.15, 0.2) is 41.8 Å². The highest BCUT2D eigenvalue weighted by atomic mass is 32.2. The Labute approximate surface area is 99.7 Å². The van der Waals surface area contributed by atoms with Gasteiger partial charge >= 0.3 is 0 Å². The summed E-state index contributed by atoms with van der Waals surface area (Å²) in [5, 5.41) is 1.07. The molecule has 2 rings (SSSR count). The third kappa shape index (κ3) is 2.79. The lowest BCUT2D eigenvalue weighted by Crippen LogP contribution is -1.93. The van der Waals surface area contributed by atoms with E-state index in [9.17, 15) is 0 Å². The van der Waals surface area contributed by atoms with Crippen LogP contribution in [0.5, 0.6) is 0 Å². The molecule has 0 saturated heterocycles. The minimum absolute atomic E-state index is 0.820. The molecule has 1 aromatic carbocycles. The van der Waals surface area contributed by atoms with Crippen molar-refractivity contribution in [2.24, 2.45) is 7.05 Å². The standard InChI is InChI=1S/C12H15N3S/c1-15-8-7-14-12(15)16-9-6-10-2-4-11(13)5-3-10/h2-5,7-8H,6,9,13H2,1H3. The Morgan fingerprint density at radius 3 is 2.69 bits per heavy atom. The third-order valence-electron chi connectivity index (χ3n) is 2.38. The van der Waals surface area contributed by atoms with Crippen LogP contribution < -0.4 is 5.73 Å². The maximum atomic E-state index is 5.63. The van der Waals surface area contributed by atoms with Gasteiger partial charge in [-0.1, -0.05) is 23.9 Å². The van der Waals surface area contributed by atoms with E-state index in [0.717, 1.165) is 23.0 Å². The molecule has 0 radical (unpaired) electrons. The molecular weight excluding hydrogens is 218 g/mol. The van der Waals surface area contributed by atoms with Gasteiger partial charge in [0.25, 0.3) is 0 Å². The van der Waals surface area contributed by atoms with Crippen molar-refractivity contribution in [1.82, 2.24) is 9.55 Å². The van der Waals surface area contributed by atoms with Gasteiger partial charge in [-0.15, -0.1) is 0 Å². The summed E-state index contributed by atoms with van der Waals surface area (Å²) in [5.74, 6) is 1.04. The molecule has 0 aliphatic rings. The number of aryl methyl sites for hydroxylation is 2. The van der Waals surface area contributed by atoms with Gasteiger partial charge in [-0.2, -0.15) is 0 Å². The van der Waals surface area contributed by atoms with Crippen LogP contribution in [-0.4, -0.2) is 15.3 Å². The number of anilines is 1. The first-order valence-electron chi connectivity index (χ1n) is 5.20. The first-order valence-corrected chi connectivity index (χ1v) is 6.19. The Balaban J connectivity index is 1.84. The Morgan fingerprint density at radius 2 is 2.06 bits per heavy atom. The molecule has 84 valence electrons. The van der Waals surface area contributed by atoms with Crippen LogP contribution in [0.2, 0.25) is 0 Å². The van der Waals surface area contributed by atoms with Crippen LogP contribution in [0, 0.1) is 0 Å². The molecule has 0 atom stereocenters. The zero-order chi connectivity index (χ0) is 11.4. The molecule has 0 saturated carbocycles. The zero-order valence-corrected chi connectivity index (χ0v) is 10.1. The van der Waals surface area contributed by atoms with Gasteiger partial charge in [0.1, 0.15) is 0 Å². The largest absolute Gasteiger partial charge is 0.399 e. The number of aromatic nitrogens is 2. The van der Waals surface area contributed by atoms with E-state index in [1.165, 1.54) is 5.56 Å². The van der Waals surface area contributed by atoms with E-state index in [2.05, 4.69) is 17.1 Å². The second-order valence-electron chi connectivity index (χ2n) is 3.66. The highest BCUT2D eigenvalue weighted by Crippen LogP contribution is 2.16. The molecule has 0 bridgehead atoms. The molecule has 2 aromatic rings. The van der Waals surface area contributed by atoms with Crippen molar-refractivity contribution >= 4 is 17.4 Å². The van der Waals surface area contributed by atoms with Crippen molar-refractivity contribution < 1.29 is 0 Å². The van der Waals surface area contributed by atoms with Crippen LogP contribution >= 0.6 is 11.8 Å². The molecular formula is C12H15N3S. The van der Waals surface area contributed by atoms with Crippen LogP contribution in [0.25, 0.3) is 0 Å². The van der Waals surface area contributed by atoms with Gasteiger partial charge in [0.2, 0.25) is 0 Å². The van der Waals surface area contributed by atoms with Crippen molar-refractivity contribution in [3.8, 4) is 0 Å². The van der Waals surface area contributed by atoms with Gasteiger partial charge in [0, 0.05) is 30.9 Å². The van der Waals surface area contributed by atoms with Gasteiger partial charge in [-0.3, -0.25) is 0 Å². The Hall–Kier alpha value is -1.42. The highest BCUT2D eigenvalue weighted by molar-refractivity contribution is 7.99. The molecule has 4 heteroatoms. The van der Waals surface area contributed by atoms with E-state index in [4.69, 9.17) is 5.73 Å². The van der Waals surface area contributed by atoms with E-state index < -0.39 is 0 Å². The lowest BCUT2D eigenvalue weighted by Gasteiger charge is -2.02. The number of hydrogen-bond donors (Lipinski definition) is 1. The Bertz CT molecular complexity index is 448. The maximum Gasteiger partial charge on any atom is 0.167 e. The topological polar surface area (TPSA) is 43.8 Å². The average Bonchev–Trinajstić information content (AvgIpc) is 2.68. The number of nitrogens with two attached hydrogens (primary N) is 1. The molecule has 1 heterocycles. The van der Waals surface area contributed by atoms with E-state index in [1.54, 1.807) is 11.8 Å². The van der Waals surface area contributed by atoms with Crippen LogP contribution in [0.1, 0.15) is 5.56 Å². The van der Waals surface area contributed by atoms with E-state index in [0.29, 0.717) is 0 Å². The predicted octanol–water partition coefficient (Wildman–Crippen LogP) is 2.34. The summed E-state index contributed by atoms with van der Waals surface area (Å²) in [6.45, 7) is 0. The lowest BCUT2D eigenvalue weighted by atomic mass is 10.2. The van der Waals surface area contributed by atoms with E-state index in [-0.39, 0.29) is 0 Å². The SMILES string of the molecule is Cn1ccnc1SCCc1ccc(N)cc1. The van der Waals surface area contributed by atoms with Crippen molar-refractivity contribution in [3.63, 3.8) is 0 Å². The summed E-state index contributed by atoms with van der Waals surface area (Å²) in [6.07, 6.45) is 4.83. The van der Waals surface area contributed by atoms with E-state index >= 15 is 0 Å². The lowest BCUT2D eigenvalue weighted by molar-refractivity contribution is 0.789. The number of thioether (sulfide) groups is 1. The zero-order valence-electron chi connectivity index (χ0n) is 9.26. The first kappa shape index (κ1) is 11.1. The van der Waals surface area contributed by atoms with Crippen LogP contribution in [0.4, 0.5) is 5.69 Å². The van der Waals surface area contributed by atoms with Gasteiger partial charge in [-0.05, 0) is 24.1 Å². The van der Waals surface area contributed by atoms with Crippen LogP contribution in [-0.2, 0) is 13.5 Å². The third-order valence-corrected chi connectivity index (χ3v) is 3.44. The minimum Gasteiger partial charge on any atom is -0.399 e. The molecule has 0 unspecified atom stereocenters. The minimum atomic E-state index is 0.820. The van der Waals surface area contributed by atoms with Gasteiger partial charge < -0.3 is 10.3 Å². The second-order valence-corrected chi connectivity index (χ2v) is 4.72. The molecule has 2 N–H and O–H groups in total. The Morgan fingerprint density at radius 1 is 1.31 bits per heavy atom.